The number of nitrogens with zero attached hydrogens (tertiary/aromatic N) is 3. The van der Waals surface area contributed by atoms with Gasteiger partial charge in [0.05, 0.1) is 22.0 Å². The first-order valence-corrected chi connectivity index (χ1v) is 11.5. The van der Waals surface area contributed by atoms with E-state index in [0.717, 1.165) is 50.4 Å². The number of hydrogen-bond acceptors (Lipinski definition) is 4. The number of carbonyl (C=O) groups excluding carboxylic acids is 1. The van der Waals surface area contributed by atoms with Crippen LogP contribution in [0.1, 0.15) is 11.1 Å². The number of amides is 1. The minimum Gasteiger partial charge on any atom is -0.300 e. The predicted octanol–water partition coefficient (Wildman–Crippen LogP) is 7.03. The SMILES string of the molecule is Cc1ccc(N=C2NC(=O)S/C2=C\c2cn(-c3ccccc3)nc2-c2ccc(Cl)cc2)cc1. The third-order valence-corrected chi connectivity index (χ3v) is 6.17. The number of aryl methyl sites for hydroxylation is 1. The van der Waals surface area contributed by atoms with Crippen molar-refractivity contribution in [2.45, 2.75) is 6.92 Å². The molecule has 0 bridgehead atoms. The second kappa shape index (κ2) is 9.10. The summed E-state index contributed by atoms with van der Waals surface area (Å²) < 4.78 is 1.84. The minimum atomic E-state index is -0.157. The van der Waals surface area contributed by atoms with E-state index in [4.69, 9.17) is 16.7 Å². The summed E-state index contributed by atoms with van der Waals surface area (Å²) in [4.78, 5) is 17.6. The van der Waals surface area contributed by atoms with E-state index < -0.39 is 0 Å². The molecule has 33 heavy (non-hydrogen) atoms. The summed E-state index contributed by atoms with van der Waals surface area (Å²) in [6.07, 6.45) is 3.91. The third-order valence-electron chi connectivity index (χ3n) is 5.10. The highest BCUT2D eigenvalue weighted by atomic mass is 35.5. The molecule has 0 aliphatic carbocycles. The first-order chi connectivity index (χ1) is 16.0. The minimum absolute atomic E-state index is 0.157. The van der Waals surface area contributed by atoms with Crippen LogP contribution in [0, 0.1) is 6.92 Å². The molecule has 7 heteroatoms. The molecule has 0 saturated carbocycles. The zero-order valence-corrected chi connectivity index (χ0v) is 19.3. The van der Waals surface area contributed by atoms with E-state index in [1.807, 2.05) is 103 Å². The lowest BCUT2D eigenvalue weighted by Crippen LogP contribution is -2.18. The molecular formula is C26H19ClN4OS. The van der Waals surface area contributed by atoms with Crippen molar-refractivity contribution in [3.63, 3.8) is 0 Å². The van der Waals surface area contributed by atoms with Crippen molar-refractivity contribution >= 4 is 46.2 Å². The van der Waals surface area contributed by atoms with Crippen LogP contribution in [-0.4, -0.2) is 20.9 Å². The summed E-state index contributed by atoms with van der Waals surface area (Å²) in [7, 11) is 0. The second-order valence-electron chi connectivity index (χ2n) is 7.54. The number of aromatic nitrogens is 2. The second-order valence-corrected chi connectivity index (χ2v) is 8.99. The summed E-state index contributed by atoms with van der Waals surface area (Å²) in [5.41, 5.74) is 5.47. The number of halogens is 1. The van der Waals surface area contributed by atoms with Gasteiger partial charge in [-0.05, 0) is 61.2 Å². The molecular weight excluding hydrogens is 452 g/mol. The van der Waals surface area contributed by atoms with Gasteiger partial charge in [-0.15, -0.1) is 0 Å². The van der Waals surface area contributed by atoms with Crippen LogP contribution >= 0.6 is 23.4 Å². The van der Waals surface area contributed by atoms with Gasteiger partial charge in [-0.1, -0.05) is 59.6 Å². The van der Waals surface area contributed by atoms with Gasteiger partial charge < -0.3 is 5.32 Å². The predicted molar refractivity (Wildman–Crippen MR) is 136 cm³/mol. The van der Waals surface area contributed by atoms with Crippen LogP contribution in [0.4, 0.5) is 10.5 Å². The Kier molecular flexibility index (Phi) is 5.86. The molecule has 1 amide bonds. The Hall–Kier alpha value is -3.61. The number of amidine groups is 1. The average Bonchev–Trinajstić information content (AvgIpc) is 3.40. The molecule has 1 fully saturated rings. The van der Waals surface area contributed by atoms with Crippen LogP contribution in [0.25, 0.3) is 23.0 Å². The molecule has 1 aliphatic rings. The van der Waals surface area contributed by atoms with Crippen molar-refractivity contribution in [3.05, 3.63) is 106 Å². The Morgan fingerprint density at radius 1 is 1.00 bits per heavy atom. The van der Waals surface area contributed by atoms with Crippen LogP contribution in [0.15, 0.2) is 95.0 Å². The summed E-state index contributed by atoms with van der Waals surface area (Å²) in [6, 6.07) is 25.3. The van der Waals surface area contributed by atoms with E-state index in [2.05, 4.69) is 10.3 Å². The fourth-order valence-electron chi connectivity index (χ4n) is 3.44. The topological polar surface area (TPSA) is 59.3 Å². The number of rotatable bonds is 4. The van der Waals surface area contributed by atoms with Crippen molar-refractivity contribution in [2.24, 2.45) is 4.99 Å². The average molecular weight is 471 g/mol. The largest absolute Gasteiger partial charge is 0.300 e. The van der Waals surface area contributed by atoms with Gasteiger partial charge in [0.2, 0.25) is 0 Å². The quantitative estimate of drug-likeness (QED) is 0.348. The number of thioether (sulfide) groups is 1. The van der Waals surface area contributed by atoms with Crippen LogP contribution in [-0.2, 0) is 0 Å². The van der Waals surface area contributed by atoms with E-state index in [1.165, 1.54) is 0 Å². The molecule has 4 aromatic rings. The molecule has 5 nitrogen and oxygen atoms in total. The van der Waals surface area contributed by atoms with Crippen molar-refractivity contribution < 1.29 is 4.79 Å². The third kappa shape index (κ3) is 4.77. The number of aliphatic imine (C=N–C) groups is 1. The van der Waals surface area contributed by atoms with Gasteiger partial charge >= 0.3 is 0 Å². The molecule has 2 heterocycles. The Morgan fingerprint density at radius 3 is 2.45 bits per heavy atom. The molecule has 1 aromatic heterocycles. The summed E-state index contributed by atoms with van der Waals surface area (Å²) in [6.45, 7) is 2.03. The molecule has 0 atom stereocenters. The lowest BCUT2D eigenvalue weighted by atomic mass is 10.1. The summed E-state index contributed by atoms with van der Waals surface area (Å²) in [5, 5.41) is 8.19. The molecule has 0 radical (unpaired) electrons. The van der Waals surface area contributed by atoms with Gasteiger partial charge in [0, 0.05) is 22.3 Å². The lowest BCUT2D eigenvalue weighted by molar-refractivity contribution is 0.265. The first-order valence-electron chi connectivity index (χ1n) is 10.3. The number of carbonyl (C=O) groups is 1. The maximum Gasteiger partial charge on any atom is 0.289 e. The molecule has 0 unspecified atom stereocenters. The number of para-hydroxylation sites is 1. The molecule has 5 rings (SSSR count). The van der Waals surface area contributed by atoms with Crippen LogP contribution in [0.5, 0.6) is 0 Å². The molecule has 162 valence electrons. The van der Waals surface area contributed by atoms with Crippen molar-refractivity contribution in [3.8, 4) is 16.9 Å². The normalized spacial score (nSPS) is 15.9. The maximum absolute atomic E-state index is 12.2. The van der Waals surface area contributed by atoms with Crippen LogP contribution in [0.2, 0.25) is 5.02 Å². The van der Waals surface area contributed by atoms with E-state index in [-0.39, 0.29) is 5.24 Å². The van der Waals surface area contributed by atoms with Gasteiger partial charge in [0.15, 0.2) is 0 Å². The Bertz CT molecular complexity index is 1370. The molecule has 3 aromatic carbocycles. The van der Waals surface area contributed by atoms with Crippen molar-refractivity contribution in [1.82, 2.24) is 15.1 Å². The van der Waals surface area contributed by atoms with Gasteiger partial charge in [0.1, 0.15) is 5.84 Å². The van der Waals surface area contributed by atoms with E-state index in [9.17, 15) is 4.79 Å². The molecule has 1 saturated heterocycles. The van der Waals surface area contributed by atoms with E-state index in [0.29, 0.717) is 10.9 Å². The highest BCUT2D eigenvalue weighted by Crippen LogP contribution is 2.32. The van der Waals surface area contributed by atoms with Crippen LogP contribution < -0.4 is 5.32 Å². The first kappa shape index (κ1) is 21.2. The molecule has 1 N–H and O–H groups in total. The van der Waals surface area contributed by atoms with Gasteiger partial charge in [-0.2, -0.15) is 5.10 Å². The Morgan fingerprint density at radius 2 is 1.73 bits per heavy atom. The van der Waals surface area contributed by atoms with E-state index in [1.54, 1.807) is 0 Å². The highest BCUT2D eigenvalue weighted by Gasteiger charge is 2.25. The highest BCUT2D eigenvalue weighted by molar-refractivity contribution is 8.18. The van der Waals surface area contributed by atoms with Gasteiger partial charge in [-0.25, -0.2) is 9.67 Å². The van der Waals surface area contributed by atoms with Gasteiger partial charge in [0.25, 0.3) is 5.24 Å². The number of nitrogens with one attached hydrogen (secondary N) is 1. The Balaban J connectivity index is 1.60. The standard InChI is InChI=1S/C26H19ClN4OS/c1-17-7-13-21(14-8-17)28-25-23(33-26(32)29-25)15-19-16-31(22-5-3-2-4-6-22)30-24(19)18-9-11-20(27)12-10-18/h2-16H,1H3,(H,28,29,32)/b23-15-. The van der Waals surface area contributed by atoms with Gasteiger partial charge in [-0.3, -0.25) is 4.79 Å². The molecule has 0 spiro atoms. The lowest BCUT2D eigenvalue weighted by Gasteiger charge is -2.02. The van der Waals surface area contributed by atoms with Crippen molar-refractivity contribution in [1.29, 1.82) is 0 Å². The Labute approximate surface area is 200 Å². The van der Waals surface area contributed by atoms with Crippen molar-refractivity contribution in [2.75, 3.05) is 0 Å². The fraction of sp³-hybridized carbons (Fsp3) is 0.0385. The smallest absolute Gasteiger partial charge is 0.289 e. The zero-order chi connectivity index (χ0) is 22.8. The van der Waals surface area contributed by atoms with E-state index >= 15 is 0 Å². The molecule has 1 aliphatic heterocycles. The number of benzene rings is 3. The maximum atomic E-state index is 12.2. The zero-order valence-electron chi connectivity index (χ0n) is 17.7. The monoisotopic (exact) mass is 470 g/mol. The van der Waals surface area contributed by atoms with Crippen LogP contribution in [0.3, 0.4) is 0 Å². The summed E-state index contributed by atoms with van der Waals surface area (Å²) >= 11 is 7.22. The number of hydrogen-bond donors (Lipinski definition) is 1. The fourth-order valence-corrected chi connectivity index (χ4v) is 4.29. The summed E-state index contributed by atoms with van der Waals surface area (Å²) in [5.74, 6) is 0.531.